The molecule has 0 saturated heterocycles. The number of methoxy groups -OCH3 is 1. The number of allylic oxidation sites excluding steroid dienone is 2. The molecule has 1 aliphatic rings. The Morgan fingerprint density at radius 1 is 1.04 bits per heavy atom. The van der Waals surface area contributed by atoms with Crippen LogP contribution in [0.4, 0.5) is 18.9 Å². The number of benzene rings is 2. The number of dihydropyridines is 1. The molecule has 46 heavy (non-hydrogen) atoms. The summed E-state index contributed by atoms with van der Waals surface area (Å²) in [7, 11) is 0.899. The second-order valence-electron chi connectivity index (χ2n) is 10.7. The smallest absolute Gasteiger partial charge is 0.431 e. The first-order valence-corrected chi connectivity index (χ1v) is 14.7. The molecular weight excluding hydrogens is 611 g/mol. The van der Waals surface area contributed by atoms with Crippen molar-refractivity contribution in [1.82, 2.24) is 10.6 Å². The van der Waals surface area contributed by atoms with Crippen molar-refractivity contribution < 1.29 is 47.0 Å². The van der Waals surface area contributed by atoms with Crippen molar-refractivity contribution in [2.45, 2.75) is 57.7 Å². The van der Waals surface area contributed by atoms with Gasteiger partial charge in [-0.15, -0.1) is 0 Å². The number of nitro benzene ring substituents is 1. The van der Waals surface area contributed by atoms with E-state index in [4.69, 9.17) is 9.47 Å². The van der Waals surface area contributed by atoms with Crippen LogP contribution in [0, 0.1) is 17.0 Å². The highest BCUT2D eigenvalue weighted by Gasteiger charge is 2.47. The summed E-state index contributed by atoms with van der Waals surface area (Å²) in [5, 5.41) is 26.8. The summed E-state index contributed by atoms with van der Waals surface area (Å²) in [6.07, 6.45) is -2.99. The highest BCUT2D eigenvalue weighted by Crippen LogP contribution is 2.44. The average Bonchev–Trinajstić information content (AvgIpc) is 3.02. The molecule has 2 atom stereocenters. The molecule has 3 rings (SSSR count). The normalized spacial score (nSPS) is 15.7. The number of carbonyl (C=O) groups is 2. The van der Waals surface area contributed by atoms with E-state index in [1.54, 1.807) is 0 Å². The van der Waals surface area contributed by atoms with E-state index in [1.807, 2.05) is 31.2 Å². The number of ether oxygens (including phenoxy) is 3. The second-order valence-corrected chi connectivity index (χ2v) is 10.7. The van der Waals surface area contributed by atoms with Crippen LogP contribution in [0.3, 0.4) is 0 Å². The minimum atomic E-state index is -5.03. The number of para-hydroxylation sites is 1. The van der Waals surface area contributed by atoms with Crippen LogP contribution in [0.15, 0.2) is 71.1 Å². The first-order valence-electron chi connectivity index (χ1n) is 14.7. The number of carbonyl (C=O) groups excluding carboxylic acids is 2. The van der Waals surface area contributed by atoms with Crippen molar-refractivity contribution in [2.24, 2.45) is 0 Å². The van der Waals surface area contributed by atoms with Crippen LogP contribution >= 0.6 is 0 Å². The molecule has 0 fully saturated rings. The van der Waals surface area contributed by atoms with Crippen molar-refractivity contribution in [3.63, 3.8) is 0 Å². The Morgan fingerprint density at radius 2 is 1.76 bits per heavy atom. The molecular formula is C32H38F3N3O8. The average molecular weight is 650 g/mol. The first kappa shape index (κ1) is 36.0. The fourth-order valence-corrected chi connectivity index (χ4v) is 4.98. The number of nitro groups is 1. The lowest BCUT2D eigenvalue weighted by molar-refractivity contribution is -0.384. The maximum atomic E-state index is 14.0. The molecule has 2 unspecified atom stereocenters. The van der Waals surface area contributed by atoms with Crippen molar-refractivity contribution in [2.75, 3.05) is 33.4 Å². The molecule has 0 radical (unpaired) electrons. The number of non-ortho nitro benzene ring substituents is 1. The monoisotopic (exact) mass is 649 g/mol. The van der Waals surface area contributed by atoms with Crippen molar-refractivity contribution >= 4 is 17.6 Å². The van der Waals surface area contributed by atoms with Gasteiger partial charge in [0.1, 0.15) is 24.2 Å². The van der Waals surface area contributed by atoms with Crippen molar-refractivity contribution in [1.29, 1.82) is 0 Å². The van der Waals surface area contributed by atoms with Gasteiger partial charge in [-0.3, -0.25) is 10.1 Å². The number of esters is 2. The third kappa shape index (κ3) is 9.78. The van der Waals surface area contributed by atoms with E-state index in [9.17, 15) is 38.0 Å². The Hall–Kier alpha value is -4.43. The van der Waals surface area contributed by atoms with Gasteiger partial charge < -0.3 is 30.0 Å². The number of nitrogens with one attached hydrogen (secondary N) is 2. The molecule has 14 heteroatoms. The number of halogens is 3. The molecule has 0 aromatic heterocycles. The lowest BCUT2D eigenvalue weighted by Crippen LogP contribution is -2.38. The van der Waals surface area contributed by atoms with Crippen LogP contribution in [-0.2, 0) is 19.1 Å². The van der Waals surface area contributed by atoms with Gasteiger partial charge >= 0.3 is 18.1 Å². The third-order valence-electron chi connectivity index (χ3n) is 7.27. The number of hydrogen-bond acceptors (Lipinski definition) is 10. The molecule has 1 aliphatic heterocycles. The summed E-state index contributed by atoms with van der Waals surface area (Å²) in [5.74, 6) is -3.23. The molecule has 0 saturated carbocycles. The number of hydrogen-bond donors (Lipinski definition) is 3. The molecule has 0 aliphatic carbocycles. The summed E-state index contributed by atoms with van der Waals surface area (Å²) in [5.41, 5.74) is -2.36. The number of aliphatic hydroxyl groups excluding tert-OH is 1. The van der Waals surface area contributed by atoms with E-state index in [0.29, 0.717) is 25.9 Å². The highest BCUT2D eigenvalue weighted by molar-refractivity contribution is 6.00. The first-order chi connectivity index (χ1) is 21.8. The Bertz CT molecular complexity index is 1460. The molecule has 2 aromatic carbocycles. The van der Waals surface area contributed by atoms with Gasteiger partial charge in [0.25, 0.3) is 5.69 Å². The fourth-order valence-electron chi connectivity index (χ4n) is 4.98. The zero-order valence-corrected chi connectivity index (χ0v) is 25.8. The standard InChI is InChI=1S/C32H38F3N3O8/c1-20-11-6-7-14-25(20)46-19-24(39)18-36-15-8-4-5-9-16-45-31(41)26-21(2)37-29(32(33,34)35)28(30(40)44-3)27(26)22-12-10-13-23(17-22)38(42)43/h6-7,10-14,17,24,27,36-37,39H,4-5,8-9,15-16,18-19H2,1-3H3. The molecule has 250 valence electrons. The number of aliphatic hydroxyl groups is 1. The van der Waals surface area contributed by atoms with Gasteiger partial charge in [-0.05, 0) is 50.4 Å². The van der Waals surface area contributed by atoms with Gasteiger partial charge in [-0.2, -0.15) is 13.2 Å². The second kappa shape index (κ2) is 16.8. The summed E-state index contributed by atoms with van der Waals surface area (Å²) in [6, 6.07) is 12.2. The minimum absolute atomic E-state index is 0.0386. The lowest BCUT2D eigenvalue weighted by atomic mass is 9.80. The summed E-state index contributed by atoms with van der Waals surface area (Å²) in [6.45, 7) is 4.28. The number of nitrogens with zero attached hydrogens (tertiary/aromatic N) is 1. The number of unbranched alkanes of at least 4 members (excludes halogenated alkanes) is 3. The van der Waals surface area contributed by atoms with Crippen molar-refractivity contribution in [3.8, 4) is 5.75 Å². The van der Waals surface area contributed by atoms with Gasteiger partial charge in [0.15, 0.2) is 0 Å². The van der Waals surface area contributed by atoms with E-state index in [2.05, 4.69) is 15.4 Å². The van der Waals surface area contributed by atoms with Crippen LogP contribution in [0.5, 0.6) is 5.75 Å². The van der Waals surface area contributed by atoms with Gasteiger partial charge in [0.05, 0.1) is 35.7 Å². The Labute approximate surface area is 264 Å². The summed E-state index contributed by atoms with van der Waals surface area (Å²) in [4.78, 5) is 36.6. The van der Waals surface area contributed by atoms with Crippen LogP contribution < -0.4 is 15.4 Å². The van der Waals surface area contributed by atoms with Crippen LogP contribution in [0.1, 0.15) is 49.7 Å². The molecule has 11 nitrogen and oxygen atoms in total. The fraction of sp³-hybridized carbons (Fsp3) is 0.438. The van der Waals surface area contributed by atoms with Crippen LogP contribution in [0.25, 0.3) is 0 Å². The maximum Gasteiger partial charge on any atom is 0.431 e. The number of aryl methyl sites for hydroxylation is 1. The van der Waals surface area contributed by atoms with Gasteiger partial charge in [-0.1, -0.05) is 43.2 Å². The van der Waals surface area contributed by atoms with E-state index in [0.717, 1.165) is 43.4 Å². The van der Waals surface area contributed by atoms with Gasteiger partial charge in [0, 0.05) is 24.4 Å². The van der Waals surface area contributed by atoms with E-state index < -0.39 is 52.0 Å². The Morgan fingerprint density at radius 3 is 2.43 bits per heavy atom. The molecule has 0 spiro atoms. The SMILES string of the molecule is COC(=O)C1=C(C(F)(F)F)NC(C)=C(C(=O)OCCCCCCNCC(O)COc2ccccc2C)C1c1cccc([N+](=O)[O-])c1. The topological polar surface area (TPSA) is 149 Å². The highest BCUT2D eigenvalue weighted by atomic mass is 19.4. The summed E-state index contributed by atoms with van der Waals surface area (Å²) >= 11 is 0. The summed E-state index contributed by atoms with van der Waals surface area (Å²) < 4.78 is 57.8. The predicted molar refractivity (Wildman–Crippen MR) is 162 cm³/mol. The van der Waals surface area contributed by atoms with E-state index in [1.165, 1.54) is 19.1 Å². The number of alkyl halides is 3. The van der Waals surface area contributed by atoms with Crippen molar-refractivity contribution in [3.05, 3.63) is 92.3 Å². The van der Waals surface area contributed by atoms with Gasteiger partial charge in [0.2, 0.25) is 0 Å². The minimum Gasteiger partial charge on any atom is -0.491 e. The molecule has 0 bridgehead atoms. The maximum absolute atomic E-state index is 14.0. The number of rotatable bonds is 16. The predicted octanol–water partition coefficient (Wildman–Crippen LogP) is 4.99. The molecule has 2 aromatic rings. The van der Waals surface area contributed by atoms with Gasteiger partial charge in [-0.25, -0.2) is 9.59 Å². The van der Waals surface area contributed by atoms with Crippen LogP contribution in [0.2, 0.25) is 0 Å². The van der Waals surface area contributed by atoms with Crippen LogP contribution in [-0.4, -0.2) is 67.7 Å². The largest absolute Gasteiger partial charge is 0.491 e. The van der Waals surface area contributed by atoms with E-state index >= 15 is 0 Å². The quantitative estimate of drug-likeness (QED) is 0.0983. The molecule has 3 N–H and O–H groups in total. The zero-order chi connectivity index (χ0) is 33.9. The third-order valence-corrected chi connectivity index (χ3v) is 7.27. The molecule has 1 heterocycles. The zero-order valence-electron chi connectivity index (χ0n) is 25.8. The Kier molecular flexibility index (Phi) is 13.1. The van der Waals surface area contributed by atoms with E-state index in [-0.39, 0.29) is 30.0 Å². The lowest BCUT2D eigenvalue weighted by Gasteiger charge is -2.31. The Balaban J connectivity index is 1.55. The molecule has 0 amide bonds.